The molecule has 2 aliphatic rings. The van der Waals surface area contributed by atoms with Gasteiger partial charge in [-0.1, -0.05) is 15.9 Å². The Kier molecular flexibility index (Phi) is 1.18. The lowest BCUT2D eigenvalue weighted by molar-refractivity contribution is 0.150. The summed E-state index contributed by atoms with van der Waals surface area (Å²) in [6.45, 7) is 1.85. The second-order valence-corrected chi connectivity index (χ2v) is 4.76. The van der Waals surface area contributed by atoms with E-state index in [0.29, 0.717) is 10.2 Å². The molecular weight excluding hydrogens is 220 g/mol. The van der Waals surface area contributed by atoms with E-state index in [4.69, 9.17) is 4.74 Å². The molecule has 1 spiro atoms. The lowest BCUT2D eigenvalue weighted by Gasteiger charge is -2.23. The summed E-state index contributed by atoms with van der Waals surface area (Å²) in [5.74, 6) is 0.909. The third kappa shape index (κ3) is 0.787. The molecule has 1 aromatic rings. The van der Waals surface area contributed by atoms with Crippen molar-refractivity contribution in [2.24, 2.45) is 5.41 Å². The molecule has 1 fully saturated rings. The Morgan fingerprint density at radius 3 is 3.33 bits per heavy atom. The van der Waals surface area contributed by atoms with E-state index in [9.17, 15) is 0 Å². The molecule has 1 aliphatic heterocycles. The fraction of sp³-hybridized carbons (Fsp3) is 0.625. The number of hydrogen-bond acceptors (Lipinski definition) is 2. The summed E-state index contributed by atoms with van der Waals surface area (Å²) in [4.78, 5) is 0.627. The number of nitrogens with zero attached hydrogens (tertiary/aromatic N) is 2. The van der Waals surface area contributed by atoms with E-state index in [1.807, 2.05) is 10.7 Å². The van der Waals surface area contributed by atoms with Crippen LogP contribution in [0, 0.1) is 5.41 Å². The molecule has 1 aliphatic carbocycles. The maximum absolute atomic E-state index is 5.58. The average Bonchev–Trinajstić information content (AvgIpc) is 2.51. The molecular formula is C8H9BrN2O. The van der Waals surface area contributed by atoms with E-state index in [1.165, 1.54) is 6.42 Å². The normalized spacial score (nSPS) is 37.6. The van der Waals surface area contributed by atoms with Crippen molar-refractivity contribution >= 4 is 15.9 Å². The van der Waals surface area contributed by atoms with Gasteiger partial charge in [0.15, 0.2) is 0 Å². The Labute approximate surface area is 78.8 Å². The number of aromatic nitrogens is 2. The van der Waals surface area contributed by atoms with Crippen molar-refractivity contribution in [3.05, 3.63) is 12.3 Å². The summed E-state index contributed by atoms with van der Waals surface area (Å²) in [6.07, 6.45) is 3.01. The van der Waals surface area contributed by atoms with Gasteiger partial charge in [-0.15, -0.1) is 0 Å². The second kappa shape index (κ2) is 2.05. The highest BCUT2D eigenvalue weighted by Gasteiger charge is 2.55. The summed E-state index contributed by atoms with van der Waals surface area (Å²) >= 11 is 3.62. The van der Waals surface area contributed by atoms with E-state index in [2.05, 4.69) is 21.0 Å². The van der Waals surface area contributed by atoms with Gasteiger partial charge in [0.2, 0.25) is 5.88 Å². The van der Waals surface area contributed by atoms with Crippen LogP contribution in [-0.4, -0.2) is 21.2 Å². The van der Waals surface area contributed by atoms with Gasteiger partial charge >= 0.3 is 0 Å². The molecule has 1 saturated carbocycles. The molecule has 12 heavy (non-hydrogen) atoms. The summed E-state index contributed by atoms with van der Waals surface area (Å²) in [6, 6.07) is 1.92. The highest BCUT2D eigenvalue weighted by Crippen LogP contribution is 2.54. The number of fused-ring (bicyclic) bond motifs is 1. The average molecular weight is 229 g/mol. The van der Waals surface area contributed by atoms with Crippen LogP contribution in [0.1, 0.15) is 6.42 Å². The number of hydrogen-bond donors (Lipinski definition) is 0. The Hall–Kier alpha value is -0.510. The first kappa shape index (κ1) is 6.95. The molecule has 64 valence electrons. The number of ether oxygens (including phenoxy) is 1. The molecule has 1 aromatic heterocycles. The third-order valence-electron chi connectivity index (χ3n) is 2.74. The predicted molar refractivity (Wildman–Crippen MR) is 47.5 cm³/mol. The van der Waals surface area contributed by atoms with E-state index < -0.39 is 0 Å². The van der Waals surface area contributed by atoms with E-state index in [1.54, 1.807) is 6.20 Å². The minimum atomic E-state index is 0.346. The zero-order valence-corrected chi connectivity index (χ0v) is 8.12. The third-order valence-corrected chi connectivity index (χ3v) is 4.03. The molecule has 4 heteroatoms. The highest BCUT2D eigenvalue weighted by molar-refractivity contribution is 9.09. The van der Waals surface area contributed by atoms with Gasteiger partial charge in [0.05, 0.1) is 19.3 Å². The topological polar surface area (TPSA) is 27.1 Å². The standard InChI is InChI=1S/C8H9BrN2O/c9-6-3-8(6)4-11-7(12-5-8)1-2-10-11/h1-2,6H,3-5H2. The van der Waals surface area contributed by atoms with Gasteiger partial charge in [0.25, 0.3) is 0 Å². The quantitative estimate of drug-likeness (QED) is 0.629. The van der Waals surface area contributed by atoms with Gasteiger partial charge < -0.3 is 4.74 Å². The lowest BCUT2D eigenvalue weighted by Crippen LogP contribution is -2.28. The monoisotopic (exact) mass is 228 g/mol. The van der Waals surface area contributed by atoms with Crippen LogP contribution in [0.4, 0.5) is 0 Å². The largest absolute Gasteiger partial charge is 0.477 e. The van der Waals surface area contributed by atoms with Crippen molar-refractivity contribution in [3.63, 3.8) is 0 Å². The molecule has 2 heterocycles. The molecule has 0 bridgehead atoms. The van der Waals surface area contributed by atoms with Crippen LogP contribution in [0.15, 0.2) is 12.3 Å². The van der Waals surface area contributed by atoms with Gasteiger partial charge in [-0.25, -0.2) is 4.68 Å². The Morgan fingerprint density at radius 2 is 2.58 bits per heavy atom. The summed E-state index contributed by atoms with van der Waals surface area (Å²) in [7, 11) is 0. The van der Waals surface area contributed by atoms with Crippen molar-refractivity contribution in [3.8, 4) is 5.88 Å². The Bertz CT molecular complexity index is 325. The molecule has 3 rings (SSSR count). The van der Waals surface area contributed by atoms with Crippen LogP contribution in [0.25, 0.3) is 0 Å². The fourth-order valence-electron chi connectivity index (χ4n) is 1.73. The van der Waals surface area contributed by atoms with E-state index >= 15 is 0 Å². The number of rotatable bonds is 0. The SMILES string of the molecule is BrC1CC12COc1ccnn1C2. The van der Waals surface area contributed by atoms with E-state index in [-0.39, 0.29) is 0 Å². The van der Waals surface area contributed by atoms with Gasteiger partial charge in [-0.2, -0.15) is 5.10 Å². The molecule has 0 radical (unpaired) electrons. The van der Waals surface area contributed by atoms with Crippen molar-refractivity contribution in [1.29, 1.82) is 0 Å². The minimum Gasteiger partial charge on any atom is -0.477 e. The van der Waals surface area contributed by atoms with Crippen LogP contribution < -0.4 is 4.74 Å². The lowest BCUT2D eigenvalue weighted by atomic mass is 10.1. The molecule has 0 N–H and O–H groups in total. The first-order valence-corrected chi connectivity index (χ1v) is 5.00. The molecule has 0 amide bonds. The van der Waals surface area contributed by atoms with Crippen LogP contribution in [0.2, 0.25) is 0 Å². The smallest absolute Gasteiger partial charge is 0.211 e. The fourth-order valence-corrected chi connectivity index (χ4v) is 2.66. The summed E-state index contributed by atoms with van der Waals surface area (Å²) in [5.41, 5.74) is 0.346. The van der Waals surface area contributed by atoms with Crippen molar-refractivity contribution in [1.82, 2.24) is 9.78 Å². The van der Waals surface area contributed by atoms with Gasteiger partial charge in [-0.05, 0) is 6.42 Å². The maximum atomic E-state index is 5.58. The number of alkyl halides is 1. The van der Waals surface area contributed by atoms with Gasteiger partial charge in [0.1, 0.15) is 0 Å². The minimum absolute atomic E-state index is 0.346. The van der Waals surface area contributed by atoms with Crippen molar-refractivity contribution in [2.45, 2.75) is 17.8 Å². The van der Waals surface area contributed by atoms with Crippen molar-refractivity contribution in [2.75, 3.05) is 6.61 Å². The van der Waals surface area contributed by atoms with Gasteiger partial charge in [0, 0.05) is 16.3 Å². The summed E-state index contributed by atoms with van der Waals surface area (Å²) < 4.78 is 7.53. The Balaban J connectivity index is 1.95. The molecule has 2 atom stereocenters. The van der Waals surface area contributed by atoms with Gasteiger partial charge in [-0.3, -0.25) is 0 Å². The van der Waals surface area contributed by atoms with Crippen LogP contribution >= 0.6 is 15.9 Å². The zero-order chi connectivity index (χ0) is 8.18. The van der Waals surface area contributed by atoms with Crippen LogP contribution in [-0.2, 0) is 6.54 Å². The summed E-state index contributed by atoms with van der Waals surface area (Å²) in [5, 5.41) is 4.20. The molecule has 2 unspecified atom stereocenters. The van der Waals surface area contributed by atoms with Crippen LogP contribution in [0.5, 0.6) is 5.88 Å². The van der Waals surface area contributed by atoms with E-state index in [0.717, 1.165) is 19.0 Å². The highest BCUT2D eigenvalue weighted by atomic mass is 79.9. The number of halogens is 1. The maximum Gasteiger partial charge on any atom is 0.211 e. The van der Waals surface area contributed by atoms with Crippen LogP contribution in [0.3, 0.4) is 0 Å². The molecule has 0 saturated heterocycles. The first-order valence-electron chi connectivity index (χ1n) is 4.09. The predicted octanol–water partition coefficient (Wildman–Crippen LogP) is 1.43. The second-order valence-electron chi connectivity index (χ2n) is 3.65. The zero-order valence-electron chi connectivity index (χ0n) is 6.53. The first-order chi connectivity index (χ1) is 5.80. The molecule has 0 aromatic carbocycles. The Morgan fingerprint density at radius 1 is 1.75 bits per heavy atom. The molecule has 3 nitrogen and oxygen atoms in total. The van der Waals surface area contributed by atoms with Crippen molar-refractivity contribution < 1.29 is 4.74 Å².